The van der Waals surface area contributed by atoms with Crippen LogP contribution in [0.1, 0.15) is 12.5 Å². The van der Waals surface area contributed by atoms with E-state index >= 15 is 0 Å². The summed E-state index contributed by atoms with van der Waals surface area (Å²) in [6, 6.07) is 14.1. The highest BCUT2D eigenvalue weighted by molar-refractivity contribution is 6.18. The number of rotatable bonds is 4. The molecule has 0 fully saturated rings. The first-order valence-corrected chi connectivity index (χ1v) is 6.08. The smallest absolute Gasteiger partial charge is 0.0732 e. The Morgan fingerprint density at radius 1 is 1.12 bits per heavy atom. The molecule has 0 saturated carbocycles. The molecule has 1 aromatic heterocycles. The molecule has 2 nitrogen and oxygen atoms in total. The van der Waals surface area contributed by atoms with Crippen molar-refractivity contribution in [1.29, 1.82) is 0 Å². The normalized spacial score (nSPS) is 14.0. The van der Waals surface area contributed by atoms with Crippen LogP contribution in [0, 0.1) is 0 Å². The third kappa shape index (κ3) is 2.77. The first-order valence-electron chi connectivity index (χ1n) is 5.54. The highest BCUT2D eigenvalue weighted by Crippen LogP contribution is 2.26. The third-order valence-corrected chi connectivity index (χ3v) is 3.31. The number of anilines is 1. The maximum atomic E-state index is 6.12. The molecule has 0 aliphatic rings. The standard InChI is InChI=1S/C14H15ClN2/c1-14(11-15,12-5-3-2-4-6-12)17-13-7-9-16-10-8-13/h2-10H,11H2,1H3,(H,16,17). The zero-order chi connectivity index (χ0) is 12.1. The van der Waals surface area contributed by atoms with Crippen LogP contribution >= 0.6 is 11.6 Å². The van der Waals surface area contributed by atoms with E-state index in [0.717, 1.165) is 5.69 Å². The van der Waals surface area contributed by atoms with Gasteiger partial charge in [-0.05, 0) is 24.6 Å². The van der Waals surface area contributed by atoms with Gasteiger partial charge < -0.3 is 5.32 Å². The molecule has 3 heteroatoms. The van der Waals surface area contributed by atoms with Crippen molar-refractivity contribution in [2.24, 2.45) is 0 Å². The Morgan fingerprint density at radius 3 is 2.35 bits per heavy atom. The van der Waals surface area contributed by atoms with Crippen molar-refractivity contribution in [2.45, 2.75) is 12.5 Å². The van der Waals surface area contributed by atoms with Gasteiger partial charge in [-0.3, -0.25) is 4.98 Å². The predicted octanol–water partition coefficient (Wildman–Crippen LogP) is 3.65. The first-order chi connectivity index (χ1) is 8.24. The number of benzene rings is 1. The zero-order valence-electron chi connectivity index (χ0n) is 9.73. The van der Waals surface area contributed by atoms with Crippen molar-refractivity contribution < 1.29 is 0 Å². The minimum atomic E-state index is -0.274. The molecule has 0 bridgehead atoms. The molecule has 1 N–H and O–H groups in total. The summed E-state index contributed by atoms with van der Waals surface area (Å²) in [5.41, 5.74) is 1.92. The van der Waals surface area contributed by atoms with Gasteiger partial charge in [0.05, 0.1) is 5.54 Å². The molecule has 2 rings (SSSR count). The molecule has 0 aliphatic heterocycles. The average Bonchev–Trinajstić information content (AvgIpc) is 2.41. The van der Waals surface area contributed by atoms with Gasteiger partial charge in [-0.1, -0.05) is 30.3 Å². The molecular weight excluding hydrogens is 232 g/mol. The summed E-state index contributed by atoms with van der Waals surface area (Å²) in [6.07, 6.45) is 3.53. The molecule has 0 spiro atoms. The first kappa shape index (κ1) is 11.9. The van der Waals surface area contributed by atoms with Gasteiger partial charge in [0, 0.05) is 24.0 Å². The molecule has 2 aromatic rings. The minimum absolute atomic E-state index is 0.274. The lowest BCUT2D eigenvalue weighted by atomic mass is 9.94. The van der Waals surface area contributed by atoms with Crippen LogP contribution in [-0.4, -0.2) is 10.9 Å². The van der Waals surface area contributed by atoms with Crippen molar-refractivity contribution >= 4 is 17.3 Å². The molecule has 1 aromatic carbocycles. The summed E-state index contributed by atoms with van der Waals surface area (Å²) in [5.74, 6) is 0.499. The van der Waals surface area contributed by atoms with Gasteiger partial charge >= 0.3 is 0 Å². The van der Waals surface area contributed by atoms with Gasteiger partial charge in [-0.15, -0.1) is 11.6 Å². The fourth-order valence-electron chi connectivity index (χ4n) is 1.74. The van der Waals surface area contributed by atoms with Gasteiger partial charge in [0.25, 0.3) is 0 Å². The monoisotopic (exact) mass is 246 g/mol. The van der Waals surface area contributed by atoms with Crippen LogP contribution in [0.25, 0.3) is 0 Å². The van der Waals surface area contributed by atoms with Crippen LogP contribution < -0.4 is 5.32 Å². The number of nitrogens with zero attached hydrogens (tertiary/aromatic N) is 1. The van der Waals surface area contributed by atoms with E-state index < -0.39 is 0 Å². The van der Waals surface area contributed by atoms with E-state index in [0.29, 0.717) is 5.88 Å². The lowest BCUT2D eigenvalue weighted by Gasteiger charge is -2.30. The lowest BCUT2D eigenvalue weighted by Crippen LogP contribution is -2.33. The van der Waals surface area contributed by atoms with E-state index in [4.69, 9.17) is 11.6 Å². The summed E-state index contributed by atoms with van der Waals surface area (Å²) in [7, 11) is 0. The van der Waals surface area contributed by atoms with Crippen molar-refractivity contribution in [3.05, 3.63) is 60.4 Å². The summed E-state index contributed by atoms with van der Waals surface area (Å²) in [4.78, 5) is 4.00. The number of alkyl halides is 1. The molecule has 1 heterocycles. The fourth-order valence-corrected chi connectivity index (χ4v) is 1.96. The zero-order valence-corrected chi connectivity index (χ0v) is 10.5. The summed E-state index contributed by atoms with van der Waals surface area (Å²) < 4.78 is 0. The molecular formula is C14H15ClN2. The highest BCUT2D eigenvalue weighted by atomic mass is 35.5. The molecule has 1 atom stereocenters. The Balaban J connectivity index is 2.27. The minimum Gasteiger partial charge on any atom is -0.375 e. The lowest BCUT2D eigenvalue weighted by molar-refractivity contribution is 0.617. The Kier molecular flexibility index (Phi) is 3.64. The Hall–Kier alpha value is -1.54. The van der Waals surface area contributed by atoms with Crippen LogP contribution in [0.5, 0.6) is 0 Å². The van der Waals surface area contributed by atoms with E-state index in [1.807, 2.05) is 30.3 Å². The number of aromatic nitrogens is 1. The SMILES string of the molecule is CC(CCl)(Nc1ccncc1)c1ccccc1. The van der Waals surface area contributed by atoms with E-state index in [-0.39, 0.29) is 5.54 Å². The Morgan fingerprint density at radius 2 is 1.76 bits per heavy atom. The van der Waals surface area contributed by atoms with Gasteiger partial charge in [-0.25, -0.2) is 0 Å². The van der Waals surface area contributed by atoms with Crippen molar-refractivity contribution in [3.8, 4) is 0 Å². The maximum absolute atomic E-state index is 6.12. The van der Waals surface area contributed by atoms with Gasteiger partial charge in [0.2, 0.25) is 0 Å². The fraction of sp³-hybridized carbons (Fsp3) is 0.214. The third-order valence-electron chi connectivity index (χ3n) is 2.78. The number of nitrogens with one attached hydrogen (secondary N) is 1. The van der Waals surface area contributed by atoms with E-state index in [1.165, 1.54) is 5.56 Å². The topological polar surface area (TPSA) is 24.9 Å². The van der Waals surface area contributed by atoms with Crippen LogP contribution in [0.3, 0.4) is 0 Å². The maximum Gasteiger partial charge on any atom is 0.0732 e. The number of pyridine rings is 1. The van der Waals surface area contributed by atoms with Gasteiger partial charge in [0.15, 0.2) is 0 Å². The van der Waals surface area contributed by atoms with E-state index in [2.05, 4.69) is 29.4 Å². The summed E-state index contributed by atoms with van der Waals surface area (Å²) >= 11 is 6.12. The molecule has 0 radical (unpaired) electrons. The van der Waals surface area contributed by atoms with Crippen LogP contribution in [0.2, 0.25) is 0 Å². The van der Waals surface area contributed by atoms with Crippen molar-refractivity contribution in [3.63, 3.8) is 0 Å². The van der Waals surface area contributed by atoms with Gasteiger partial charge in [0.1, 0.15) is 0 Å². The van der Waals surface area contributed by atoms with Crippen LogP contribution in [0.4, 0.5) is 5.69 Å². The number of halogens is 1. The Labute approximate surface area is 107 Å². The van der Waals surface area contributed by atoms with Crippen LogP contribution in [0.15, 0.2) is 54.9 Å². The Bertz CT molecular complexity index is 458. The predicted molar refractivity (Wildman–Crippen MR) is 72.4 cm³/mol. The molecule has 0 amide bonds. The van der Waals surface area contributed by atoms with E-state index in [1.54, 1.807) is 12.4 Å². The van der Waals surface area contributed by atoms with Gasteiger partial charge in [-0.2, -0.15) is 0 Å². The molecule has 1 unspecified atom stereocenters. The van der Waals surface area contributed by atoms with Crippen molar-refractivity contribution in [2.75, 3.05) is 11.2 Å². The number of hydrogen-bond donors (Lipinski definition) is 1. The second kappa shape index (κ2) is 5.19. The van der Waals surface area contributed by atoms with Crippen LogP contribution in [-0.2, 0) is 5.54 Å². The highest BCUT2D eigenvalue weighted by Gasteiger charge is 2.24. The summed E-state index contributed by atoms with van der Waals surface area (Å²) in [6.45, 7) is 2.09. The molecule has 17 heavy (non-hydrogen) atoms. The molecule has 88 valence electrons. The number of hydrogen-bond acceptors (Lipinski definition) is 2. The largest absolute Gasteiger partial charge is 0.375 e. The second-order valence-corrected chi connectivity index (χ2v) is 4.46. The van der Waals surface area contributed by atoms with E-state index in [9.17, 15) is 0 Å². The molecule has 0 saturated heterocycles. The second-order valence-electron chi connectivity index (χ2n) is 4.19. The molecule has 0 aliphatic carbocycles. The summed E-state index contributed by atoms with van der Waals surface area (Å²) in [5, 5.41) is 3.45. The average molecular weight is 247 g/mol. The quantitative estimate of drug-likeness (QED) is 0.833. The van der Waals surface area contributed by atoms with Crippen molar-refractivity contribution in [1.82, 2.24) is 4.98 Å².